The average Bonchev–Trinajstić information content (AvgIpc) is 2.89. The van der Waals surface area contributed by atoms with Crippen molar-refractivity contribution >= 4 is 11.2 Å². The van der Waals surface area contributed by atoms with Gasteiger partial charge in [0, 0.05) is 20.5 Å². The molecule has 0 fully saturated rings. The molecule has 2 aromatic rings. The highest BCUT2D eigenvalue weighted by molar-refractivity contribution is 5.70. The van der Waals surface area contributed by atoms with Crippen molar-refractivity contribution in [2.24, 2.45) is 14.1 Å². The summed E-state index contributed by atoms with van der Waals surface area (Å²) in [5.74, 6) is 0.864. The number of H-pyrrole nitrogens is 1. The first-order valence-electron chi connectivity index (χ1n) is 8.81. The monoisotopic (exact) mass is 332 g/mol. The van der Waals surface area contributed by atoms with Gasteiger partial charge in [-0.2, -0.15) is 0 Å². The summed E-state index contributed by atoms with van der Waals surface area (Å²) in [6, 6.07) is 0. The fourth-order valence-corrected chi connectivity index (χ4v) is 3.03. The number of aromatic nitrogens is 4. The summed E-state index contributed by atoms with van der Waals surface area (Å²) in [6.45, 7) is 3.74. The van der Waals surface area contributed by atoms with Crippen LogP contribution in [-0.2, 0) is 20.5 Å². The Labute approximate surface area is 142 Å². The van der Waals surface area contributed by atoms with Crippen LogP contribution in [0, 0.1) is 0 Å². The standard InChI is InChI=1S/C18H28N4O2/c1-4-5-6-7-8-9-10-11-12-13-14-19-16-15(21(14)2)17(23)20-18(24)22(16)3/h4H,1,5-13H2,2-3H3,(H,20,23,24). The van der Waals surface area contributed by atoms with Crippen molar-refractivity contribution in [2.45, 2.75) is 57.8 Å². The van der Waals surface area contributed by atoms with Crippen LogP contribution in [0.2, 0.25) is 0 Å². The molecule has 0 spiro atoms. The second-order valence-corrected chi connectivity index (χ2v) is 6.38. The molecule has 0 bridgehead atoms. The predicted octanol–water partition coefficient (Wildman–Crippen LogP) is 2.81. The van der Waals surface area contributed by atoms with Gasteiger partial charge in [-0.15, -0.1) is 6.58 Å². The predicted molar refractivity (Wildman–Crippen MR) is 97.4 cm³/mol. The summed E-state index contributed by atoms with van der Waals surface area (Å²) in [5.41, 5.74) is 0.139. The number of fused-ring (bicyclic) bond motifs is 1. The number of rotatable bonds is 10. The van der Waals surface area contributed by atoms with Gasteiger partial charge in [-0.25, -0.2) is 9.78 Å². The SMILES string of the molecule is C=CCCCCCCCCCc1nc2c(c(=O)[nH]c(=O)n2C)n1C. The van der Waals surface area contributed by atoms with Crippen LogP contribution in [0.4, 0.5) is 0 Å². The molecule has 0 saturated carbocycles. The van der Waals surface area contributed by atoms with Gasteiger partial charge in [-0.3, -0.25) is 14.3 Å². The van der Waals surface area contributed by atoms with E-state index in [9.17, 15) is 9.59 Å². The van der Waals surface area contributed by atoms with Crippen LogP contribution in [0.5, 0.6) is 0 Å². The molecule has 0 aromatic carbocycles. The lowest BCUT2D eigenvalue weighted by Crippen LogP contribution is -2.29. The number of hydrogen-bond acceptors (Lipinski definition) is 3. The molecule has 6 heteroatoms. The number of imidazole rings is 1. The van der Waals surface area contributed by atoms with Crippen molar-refractivity contribution in [2.75, 3.05) is 0 Å². The zero-order valence-electron chi connectivity index (χ0n) is 14.8. The highest BCUT2D eigenvalue weighted by Gasteiger charge is 2.14. The van der Waals surface area contributed by atoms with Gasteiger partial charge in [0.15, 0.2) is 11.2 Å². The maximum Gasteiger partial charge on any atom is 0.329 e. The molecule has 6 nitrogen and oxygen atoms in total. The Hall–Kier alpha value is -2.11. The zero-order chi connectivity index (χ0) is 17.5. The van der Waals surface area contributed by atoms with Crippen molar-refractivity contribution in [3.8, 4) is 0 Å². The number of nitrogens with zero attached hydrogens (tertiary/aromatic N) is 3. The van der Waals surface area contributed by atoms with Crippen LogP contribution in [-0.4, -0.2) is 19.1 Å². The minimum Gasteiger partial charge on any atom is -0.325 e. The largest absolute Gasteiger partial charge is 0.329 e. The smallest absolute Gasteiger partial charge is 0.325 e. The lowest BCUT2D eigenvalue weighted by molar-refractivity contribution is 0.574. The molecule has 0 radical (unpaired) electrons. The Morgan fingerprint density at radius 3 is 2.29 bits per heavy atom. The lowest BCUT2D eigenvalue weighted by atomic mass is 10.1. The van der Waals surface area contributed by atoms with E-state index in [1.807, 2.05) is 17.7 Å². The molecule has 2 aromatic heterocycles. The van der Waals surface area contributed by atoms with Crippen molar-refractivity contribution in [3.63, 3.8) is 0 Å². The third-order valence-corrected chi connectivity index (χ3v) is 4.54. The maximum absolute atomic E-state index is 12.0. The molecule has 0 atom stereocenters. The number of aryl methyl sites for hydroxylation is 3. The first-order chi connectivity index (χ1) is 11.6. The normalized spacial score (nSPS) is 11.2. The molecular weight excluding hydrogens is 304 g/mol. The van der Waals surface area contributed by atoms with E-state index in [0.717, 1.165) is 25.1 Å². The van der Waals surface area contributed by atoms with Gasteiger partial charge in [0.05, 0.1) is 0 Å². The Bertz CT molecular complexity index is 798. The van der Waals surface area contributed by atoms with E-state index in [2.05, 4.69) is 16.5 Å². The Morgan fingerprint density at radius 1 is 1.00 bits per heavy atom. The summed E-state index contributed by atoms with van der Waals surface area (Å²) < 4.78 is 3.20. The third-order valence-electron chi connectivity index (χ3n) is 4.54. The van der Waals surface area contributed by atoms with Gasteiger partial charge >= 0.3 is 5.69 Å². The summed E-state index contributed by atoms with van der Waals surface area (Å²) >= 11 is 0. The van der Waals surface area contributed by atoms with E-state index in [-0.39, 0.29) is 5.56 Å². The second kappa shape index (κ2) is 8.66. The Balaban J connectivity index is 1.86. The number of aromatic amines is 1. The van der Waals surface area contributed by atoms with Gasteiger partial charge in [0.2, 0.25) is 0 Å². The lowest BCUT2D eigenvalue weighted by Gasteiger charge is -2.03. The van der Waals surface area contributed by atoms with E-state index >= 15 is 0 Å². The summed E-state index contributed by atoms with van der Waals surface area (Å²) in [5, 5.41) is 0. The molecule has 0 saturated heterocycles. The van der Waals surface area contributed by atoms with E-state index < -0.39 is 5.69 Å². The molecule has 1 N–H and O–H groups in total. The van der Waals surface area contributed by atoms with E-state index in [0.29, 0.717) is 11.2 Å². The summed E-state index contributed by atoms with van der Waals surface area (Å²) in [6.07, 6.45) is 12.5. The highest BCUT2D eigenvalue weighted by atomic mass is 16.2. The highest BCUT2D eigenvalue weighted by Crippen LogP contribution is 2.13. The molecule has 0 amide bonds. The quantitative estimate of drug-likeness (QED) is 0.537. The number of unbranched alkanes of at least 4 members (excludes halogenated alkanes) is 7. The zero-order valence-corrected chi connectivity index (χ0v) is 14.8. The molecule has 2 rings (SSSR count). The third kappa shape index (κ3) is 4.24. The fraction of sp³-hybridized carbons (Fsp3) is 0.611. The second-order valence-electron chi connectivity index (χ2n) is 6.38. The average molecular weight is 332 g/mol. The van der Waals surface area contributed by atoms with E-state index in [1.165, 1.54) is 43.1 Å². The number of allylic oxidation sites excluding steroid dienone is 1. The minimum absolute atomic E-state index is 0.367. The fourth-order valence-electron chi connectivity index (χ4n) is 3.03. The number of hydrogen-bond donors (Lipinski definition) is 1. The van der Waals surface area contributed by atoms with Crippen molar-refractivity contribution in [1.29, 1.82) is 0 Å². The van der Waals surface area contributed by atoms with Crippen molar-refractivity contribution < 1.29 is 0 Å². The Morgan fingerprint density at radius 2 is 1.62 bits per heavy atom. The van der Waals surface area contributed by atoms with Crippen LogP contribution < -0.4 is 11.2 Å². The van der Waals surface area contributed by atoms with Crippen LogP contribution in [0.25, 0.3) is 11.2 Å². The topological polar surface area (TPSA) is 72.7 Å². The van der Waals surface area contributed by atoms with Crippen LogP contribution in [0.15, 0.2) is 22.2 Å². The van der Waals surface area contributed by atoms with Gasteiger partial charge in [-0.05, 0) is 19.3 Å². The summed E-state index contributed by atoms with van der Waals surface area (Å²) in [4.78, 5) is 30.4. The number of nitrogens with one attached hydrogen (secondary N) is 1. The molecule has 0 aliphatic rings. The van der Waals surface area contributed by atoms with Gasteiger partial charge < -0.3 is 4.57 Å². The molecule has 0 aliphatic heterocycles. The maximum atomic E-state index is 12.0. The summed E-state index contributed by atoms with van der Waals surface area (Å²) in [7, 11) is 3.47. The van der Waals surface area contributed by atoms with Crippen molar-refractivity contribution in [3.05, 3.63) is 39.3 Å². The first-order valence-corrected chi connectivity index (χ1v) is 8.81. The van der Waals surface area contributed by atoms with E-state index in [1.54, 1.807) is 7.05 Å². The van der Waals surface area contributed by atoms with Gasteiger partial charge in [0.25, 0.3) is 5.56 Å². The van der Waals surface area contributed by atoms with Crippen LogP contribution in [0.1, 0.15) is 57.2 Å². The van der Waals surface area contributed by atoms with Crippen LogP contribution >= 0.6 is 0 Å². The first kappa shape index (κ1) is 18.2. The Kier molecular flexibility index (Phi) is 6.58. The molecule has 2 heterocycles. The molecule has 24 heavy (non-hydrogen) atoms. The molecule has 0 aliphatic carbocycles. The molecule has 132 valence electrons. The van der Waals surface area contributed by atoms with E-state index in [4.69, 9.17) is 0 Å². The molecule has 0 unspecified atom stereocenters. The molecular formula is C18H28N4O2. The van der Waals surface area contributed by atoms with Gasteiger partial charge in [0.1, 0.15) is 5.82 Å². The van der Waals surface area contributed by atoms with Crippen molar-refractivity contribution in [1.82, 2.24) is 19.1 Å². The van der Waals surface area contributed by atoms with Gasteiger partial charge in [-0.1, -0.05) is 38.2 Å². The van der Waals surface area contributed by atoms with Crippen LogP contribution in [0.3, 0.4) is 0 Å². The minimum atomic E-state index is -0.423.